The number of aromatic nitrogens is 3. The van der Waals surface area contributed by atoms with Gasteiger partial charge in [0.05, 0.1) is 11.4 Å². The molecule has 0 saturated carbocycles. The second-order valence-electron chi connectivity index (χ2n) is 9.87. The van der Waals surface area contributed by atoms with Gasteiger partial charge in [0.1, 0.15) is 22.0 Å². The minimum atomic E-state index is -0.529. The van der Waals surface area contributed by atoms with Crippen LogP contribution in [0.2, 0.25) is 0 Å². The Morgan fingerprint density at radius 3 is 2.58 bits per heavy atom. The number of nitrogens with two attached hydrogens (primary N) is 1. The van der Waals surface area contributed by atoms with Crippen molar-refractivity contribution in [3.05, 3.63) is 53.1 Å². The smallest absolute Gasteiger partial charge is 0.226 e. The zero-order valence-electron chi connectivity index (χ0n) is 23.4. The van der Waals surface area contributed by atoms with Gasteiger partial charge >= 0.3 is 0 Å². The van der Waals surface area contributed by atoms with Crippen molar-refractivity contribution in [1.29, 1.82) is 0 Å². The number of benzene rings is 1. The number of anilines is 3. The molecule has 1 amide bonds. The molecule has 0 radical (unpaired) electrons. The summed E-state index contributed by atoms with van der Waals surface area (Å²) >= 11 is 5.32. The van der Waals surface area contributed by atoms with Crippen molar-refractivity contribution in [3.8, 4) is 17.0 Å². The van der Waals surface area contributed by atoms with E-state index in [1.54, 1.807) is 24.4 Å². The molecule has 0 bridgehead atoms. The van der Waals surface area contributed by atoms with E-state index in [0.29, 0.717) is 47.3 Å². The first kappa shape index (κ1) is 32.8. The zero-order chi connectivity index (χ0) is 29.7. The van der Waals surface area contributed by atoms with Gasteiger partial charge in [-0.05, 0) is 49.6 Å². The van der Waals surface area contributed by atoms with Crippen LogP contribution < -0.4 is 16.4 Å². The fourth-order valence-corrected chi connectivity index (χ4v) is 3.88. The Balaban J connectivity index is 0.00000131. The number of aromatic hydroxyl groups is 1. The van der Waals surface area contributed by atoms with Crippen LogP contribution in [0, 0.1) is 16.4 Å². The fraction of sp³-hybridized carbons (Fsp3) is 0.429. The number of carbonyl (C=O) groups excluding carboxylic acids is 1. The first-order valence-electron chi connectivity index (χ1n) is 13.2. The van der Waals surface area contributed by atoms with E-state index >= 15 is 0 Å². The fourth-order valence-electron chi connectivity index (χ4n) is 3.72. The molecular weight excluding hydrogens is 533 g/mol. The molecule has 3 rings (SSSR count). The Labute approximate surface area is 239 Å². The summed E-state index contributed by atoms with van der Waals surface area (Å²) in [5, 5.41) is 30.3. The zero-order valence-corrected chi connectivity index (χ0v) is 24.3. The second-order valence-corrected chi connectivity index (χ2v) is 10.3. The summed E-state index contributed by atoms with van der Waals surface area (Å²) in [5.41, 5.74) is 7.43. The van der Waals surface area contributed by atoms with E-state index < -0.39 is 5.82 Å². The highest BCUT2D eigenvalue weighted by Crippen LogP contribution is 2.28. The summed E-state index contributed by atoms with van der Waals surface area (Å²) < 4.78 is 14.6. The van der Waals surface area contributed by atoms with E-state index in [-0.39, 0.29) is 29.0 Å². The summed E-state index contributed by atoms with van der Waals surface area (Å²) in [6, 6.07) is 8.71. The lowest BCUT2D eigenvalue weighted by Crippen LogP contribution is -2.39. The summed E-state index contributed by atoms with van der Waals surface area (Å²) in [5.74, 6) is 0.0976. The molecule has 2 heterocycles. The van der Waals surface area contributed by atoms with E-state index in [1.807, 2.05) is 13.8 Å². The van der Waals surface area contributed by atoms with Crippen LogP contribution in [0.3, 0.4) is 0 Å². The molecule has 218 valence electrons. The summed E-state index contributed by atoms with van der Waals surface area (Å²) in [6.07, 6.45) is 2.75. The van der Waals surface area contributed by atoms with Crippen LogP contribution in [0.15, 0.2) is 42.6 Å². The average molecular weight is 574 g/mol. The lowest BCUT2D eigenvalue weighted by Gasteiger charge is -2.25. The highest BCUT2D eigenvalue weighted by Gasteiger charge is 2.13. The number of nitrogens with one attached hydrogen (secondary N) is 3. The number of hydrogen-bond acceptors (Lipinski definition) is 9. The Kier molecular flexibility index (Phi) is 13.6. The molecule has 1 aromatic carbocycles. The third-order valence-corrected chi connectivity index (χ3v) is 5.70. The van der Waals surface area contributed by atoms with Crippen molar-refractivity contribution in [2.75, 3.05) is 36.9 Å². The predicted molar refractivity (Wildman–Crippen MR) is 160 cm³/mol. The maximum absolute atomic E-state index is 14.3. The van der Waals surface area contributed by atoms with Crippen LogP contribution in [-0.4, -0.2) is 68.5 Å². The molecule has 0 aliphatic rings. The lowest BCUT2D eigenvalue weighted by atomic mass is 10.1. The number of carbonyl (C=O) groups is 1. The standard InChI is InChI=1S/C25H32FN7O2S.C3H8O/c1-15(2)13-33(14-16(3)27)9-7-24(35)30-23-10-17(6-8-28-23)29-22-12-21(31-32-25(22)36)19-11-18(34)4-5-20(19)26;1-2-3-4/h4-6,8,10-12,15-16,34H,7,9,13-14,27H2,1-3H3,(H,32,36)(H2,28,29,30,31,35);4H,2-3H2,1H3. The predicted octanol–water partition coefficient (Wildman–Crippen LogP) is 4.81. The van der Waals surface area contributed by atoms with Crippen molar-refractivity contribution in [3.63, 3.8) is 0 Å². The van der Waals surface area contributed by atoms with Gasteiger partial charge in [0, 0.05) is 62.2 Å². The van der Waals surface area contributed by atoms with Crippen molar-refractivity contribution < 1.29 is 19.4 Å². The molecule has 0 fully saturated rings. The van der Waals surface area contributed by atoms with Crippen LogP contribution in [0.25, 0.3) is 11.3 Å². The third-order valence-electron chi connectivity index (χ3n) is 5.38. The first-order chi connectivity index (χ1) is 19.0. The Hall–Kier alpha value is -3.45. The van der Waals surface area contributed by atoms with Gasteiger partial charge in [-0.3, -0.25) is 9.89 Å². The monoisotopic (exact) mass is 573 g/mol. The number of H-pyrrole nitrogens is 1. The molecule has 12 heteroatoms. The quantitative estimate of drug-likeness (QED) is 0.168. The van der Waals surface area contributed by atoms with Gasteiger partial charge in [0.2, 0.25) is 5.91 Å². The summed E-state index contributed by atoms with van der Waals surface area (Å²) in [7, 11) is 0. The average Bonchev–Trinajstić information content (AvgIpc) is 2.90. The van der Waals surface area contributed by atoms with Gasteiger partial charge in [-0.25, -0.2) is 9.37 Å². The van der Waals surface area contributed by atoms with Crippen LogP contribution >= 0.6 is 12.2 Å². The van der Waals surface area contributed by atoms with Crippen LogP contribution in [0.4, 0.5) is 21.6 Å². The Morgan fingerprint density at radius 2 is 1.93 bits per heavy atom. The molecule has 2 aromatic heterocycles. The van der Waals surface area contributed by atoms with Crippen molar-refractivity contribution >= 4 is 35.3 Å². The van der Waals surface area contributed by atoms with Crippen LogP contribution in [0.1, 0.15) is 40.5 Å². The SMILES string of the molecule is CC(C)CN(CCC(=O)Nc1cc(Nc2cc(-c3cc(O)ccc3F)n[nH]c2=S)ccn1)CC(C)N.CCCO. The number of halogens is 1. The highest BCUT2D eigenvalue weighted by molar-refractivity contribution is 7.71. The number of phenolic OH excluding ortho intramolecular Hbond substituents is 1. The first-order valence-corrected chi connectivity index (χ1v) is 13.6. The van der Waals surface area contributed by atoms with Crippen LogP contribution in [0.5, 0.6) is 5.75 Å². The molecule has 1 atom stereocenters. The van der Waals surface area contributed by atoms with Gasteiger partial charge in [-0.2, -0.15) is 5.10 Å². The van der Waals surface area contributed by atoms with Gasteiger partial charge in [0.25, 0.3) is 0 Å². The molecule has 40 heavy (non-hydrogen) atoms. The number of hydrogen-bond donors (Lipinski definition) is 6. The molecule has 0 aliphatic carbocycles. The van der Waals surface area contributed by atoms with Gasteiger partial charge in [0.15, 0.2) is 0 Å². The minimum Gasteiger partial charge on any atom is -0.508 e. The Bertz CT molecular complexity index is 1270. The molecular formula is C28H40FN7O3S. The molecule has 0 saturated heterocycles. The van der Waals surface area contributed by atoms with E-state index in [9.17, 15) is 14.3 Å². The van der Waals surface area contributed by atoms with E-state index in [4.69, 9.17) is 23.1 Å². The number of aliphatic hydroxyl groups is 1. The number of amides is 1. The largest absolute Gasteiger partial charge is 0.508 e. The summed E-state index contributed by atoms with van der Waals surface area (Å²) in [4.78, 5) is 19.0. The molecule has 7 N–H and O–H groups in total. The minimum absolute atomic E-state index is 0.0283. The normalized spacial score (nSPS) is 11.6. The number of aromatic amines is 1. The second kappa shape index (κ2) is 16.6. The molecule has 10 nitrogen and oxygen atoms in total. The number of rotatable bonds is 12. The third kappa shape index (κ3) is 11.3. The topological polar surface area (TPSA) is 152 Å². The molecule has 0 aliphatic heterocycles. The molecule has 1 unspecified atom stereocenters. The Morgan fingerprint density at radius 1 is 1.20 bits per heavy atom. The summed E-state index contributed by atoms with van der Waals surface area (Å²) in [6.45, 7) is 10.7. The highest BCUT2D eigenvalue weighted by atomic mass is 32.1. The van der Waals surface area contributed by atoms with Crippen molar-refractivity contribution in [2.24, 2.45) is 11.7 Å². The molecule has 3 aromatic rings. The van der Waals surface area contributed by atoms with Gasteiger partial charge < -0.3 is 31.5 Å². The van der Waals surface area contributed by atoms with Crippen molar-refractivity contribution in [1.82, 2.24) is 20.1 Å². The maximum Gasteiger partial charge on any atom is 0.226 e. The lowest BCUT2D eigenvalue weighted by molar-refractivity contribution is -0.116. The molecule has 0 spiro atoms. The van der Waals surface area contributed by atoms with Crippen molar-refractivity contribution in [2.45, 2.75) is 46.6 Å². The maximum atomic E-state index is 14.3. The van der Waals surface area contributed by atoms with E-state index in [2.05, 4.69) is 44.6 Å². The number of nitrogens with zero attached hydrogens (tertiary/aromatic N) is 3. The van der Waals surface area contributed by atoms with Gasteiger partial charge in [-0.15, -0.1) is 0 Å². The van der Waals surface area contributed by atoms with Gasteiger partial charge in [-0.1, -0.05) is 33.0 Å². The van der Waals surface area contributed by atoms with Crippen LogP contribution in [-0.2, 0) is 4.79 Å². The number of pyridine rings is 1. The van der Waals surface area contributed by atoms with E-state index in [1.165, 1.54) is 12.1 Å². The van der Waals surface area contributed by atoms with E-state index in [0.717, 1.165) is 25.6 Å². The number of phenols is 1. The number of aliphatic hydroxyl groups excluding tert-OH is 1.